The topological polar surface area (TPSA) is 18.1 Å². The average Bonchev–Trinajstić information content (AvgIpc) is 3.87. The standard InChI is InChI=1S/C48H27NOS/c1-3-17-34-31(14-1)32-15-2-4-18-35(32)44-43(34)45-36-19-5-8-21-39(36)49(47(45)48-46(44)37-20-7-10-23-42(37)51-48)30-13-11-12-28(26-30)29-24-25-41-38(27-29)33-16-6-9-22-40(33)50-41/h1-27H. The molecule has 9 aromatic carbocycles. The Balaban J connectivity index is 1.26. The van der Waals surface area contributed by atoms with E-state index in [-0.39, 0.29) is 0 Å². The van der Waals surface area contributed by atoms with Crippen molar-refractivity contribution in [3.8, 4) is 16.8 Å². The Morgan fingerprint density at radius 3 is 1.80 bits per heavy atom. The summed E-state index contributed by atoms with van der Waals surface area (Å²) < 4.78 is 11.3. The lowest BCUT2D eigenvalue weighted by molar-refractivity contribution is 0.669. The summed E-state index contributed by atoms with van der Waals surface area (Å²) in [5.74, 6) is 0. The van der Waals surface area contributed by atoms with Crippen molar-refractivity contribution in [1.29, 1.82) is 0 Å². The van der Waals surface area contributed by atoms with Gasteiger partial charge in [0.1, 0.15) is 11.2 Å². The number of fused-ring (bicyclic) bond motifs is 18. The normalized spacial score (nSPS) is 12.3. The molecular formula is C48H27NOS. The Bertz CT molecular complexity index is 3430. The van der Waals surface area contributed by atoms with Crippen molar-refractivity contribution in [3.63, 3.8) is 0 Å². The van der Waals surface area contributed by atoms with Gasteiger partial charge in [-0.15, -0.1) is 11.3 Å². The van der Waals surface area contributed by atoms with E-state index in [4.69, 9.17) is 4.42 Å². The molecule has 2 nitrogen and oxygen atoms in total. The highest BCUT2D eigenvalue weighted by molar-refractivity contribution is 7.27. The Hall–Kier alpha value is -6.42. The number of benzene rings is 9. The molecule has 0 fully saturated rings. The number of nitrogens with zero attached hydrogens (tertiary/aromatic N) is 1. The first kappa shape index (κ1) is 27.4. The molecule has 0 radical (unpaired) electrons. The molecule has 3 aromatic heterocycles. The fourth-order valence-electron chi connectivity index (χ4n) is 8.83. The van der Waals surface area contributed by atoms with Crippen LogP contribution < -0.4 is 0 Å². The van der Waals surface area contributed by atoms with Gasteiger partial charge in [0.05, 0.1) is 15.7 Å². The van der Waals surface area contributed by atoms with Crippen LogP contribution in [0.1, 0.15) is 0 Å². The second kappa shape index (κ2) is 10.1. The van der Waals surface area contributed by atoms with Gasteiger partial charge >= 0.3 is 0 Å². The van der Waals surface area contributed by atoms with Crippen LogP contribution in [0.2, 0.25) is 0 Å². The van der Waals surface area contributed by atoms with Crippen molar-refractivity contribution >= 4 is 108 Å². The summed E-state index contributed by atoms with van der Waals surface area (Å²) in [5.41, 5.74) is 7.82. The minimum absolute atomic E-state index is 0.914. The van der Waals surface area contributed by atoms with Crippen molar-refractivity contribution in [2.45, 2.75) is 0 Å². The number of thiophene rings is 1. The van der Waals surface area contributed by atoms with Crippen LogP contribution in [-0.2, 0) is 0 Å². The first-order valence-corrected chi connectivity index (χ1v) is 18.2. The Labute approximate surface area is 296 Å². The van der Waals surface area contributed by atoms with Gasteiger partial charge in [-0.3, -0.25) is 0 Å². The van der Waals surface area contributed by atoms with Crippen LogP contribution in [0.5, 0.6) is 0 Å². The van der Waals surface area contributed by atoms with Crippen molar-refractivity contribution in [3.05, 3.63) is 164 Å². The van der Waals surface area contributed by atoms with Crippen molar-refractivity contribution in [2.75, 3.05) is 0 Å². The molecule has 51 heavy (non-hydrogen) atoms. The van der Waals surface area contributed by atoms with Crippen molar-refractivity contribution in [1.82, 2.24) is 4.57 Å². The van der Waals surface area contributed by atoms with Gasteiger partial charge < -0.3 is 8.98 Å². The molecule has 3 heteroatoms. The lowest BCUT2D eigenvalue weighted by Gasteiger charge is -2.15. The maximum Gasteiger partial charge on any atom is 0.135 e. The lowest BCUT2D eigenvalue weighted by atomic mass is 9.89. The molecule has 0 atom stereocenters. The fraction of sp³-hybridized carbons (Fsp3) is 0. The highest BCUT2D eigenvalue weighted by Crippen LogP contribution is 2.51. The molecule has 0 N–H and O–H groups in total. The van der Waals surface area contributed by atoms with Gasteiger partial charge in [0, 0.05) is 53.5 Å². The zero-order valence-electron chi connectivity index (χ0n) is 27.4. The molecule has 0 saturated heterocycles. The largest absolute Gasteiger partial charge is 0.456 e. The van der Waals surface area contributed by atoms with Crippen LogP contribution in [0, 0.1) is 0 Å². The van der Waals surface area contributed by atoms with E-state index in [2.05, 4.69) is 156 Å². The van der Waals surface area contributed by atoms with E-state index in [1.165, 1.54) is 85.4 Å². The molecular weight excluding hydrogens is 639 g/mol. The van der Waals surface area contributed by atoms with E-state index in [9.17, 15) is 0 Å². The summed E-state index contributed by atoms with van der Waals surface area (Å²) in [7, 11) is 0. The highest BCUT2D eigenvalue weighted by atomic mass is 32.1. The average molecular weight is 666 g/mol. The zero-order chi connectivity index (χ0) is 33.2. The fourth-order valence-corrected chi connectivity index (χ4v) is 10.1. The molecule has 0 unspecified atom stereocenters. The first-order chi connectivity index (χ1) is 25.3. The molecule has 0 aliphatic heterocycles. The Morgan fingerprint density at radius 2 is 1.00 bits per heavy atom. The predicted molar refractivity (Wildman–Crippen MR) is 219 cm³/mol. The molecule has 12 aromatic rings. The summed E-state index contributed by atoms with van der Waals surface area (Å²) in [6.45, 7) is 0. The van der Waals surface area contributed by atoms with Crippen LogP contribution in [0.3, 0.4) is 0 Å². The summed E-state index contributed by atoms with van der Waals surface area (Å²) >= 11 is 1.92. The molecule has 0 aliphatic carbocycles. The molecule has 0 saturated carbocycles. The lowest BCUT2D eigenvalue weighted by Crippen LogP contribution is -1.95. The predicted octanol–water partition coefficient (Wildman–Crippen LogP) is 14.2. The second-order valence-corrected chi connectivity index (χ2v) is 14.6. The minimum atomic E-state index is 0.914. The van der Waals surface area contributed by atoms with Crippen LogP contribution in [0.25, 0.3) is 113 Å². The third kappa shape index (κ3) is 3.65. The smallest absolute Gasteiger partial charge is 0.135 e. The van der Waals surface area contributed by atoms with Crippen LogP contribution in [0.4, 0.5) is 0 Å². The number of para-hydroxylation sites is 2. The summed E-state index contributed by atoms with van der Waals surface area (Å²) in [6, 6.07) is 59.8. The number of furan rings is 1. The molecule has 3 heterocycles. The van der Waals surface area contributed by atoms with Gasteiger partial charge in [-0.1, -0.05) is 121 Å². The van der Waals surface area contributed by atoms with E-state index in [0.29, 0.717) is 0 Å². The highest BCUT2D eigenvalue weighted by Gasteiger charge is 2.24. The van der Waals surface area contributed by atoms with Gasteiger partial charge in [-0.05, 0) is 75.1 Å². The molecule has 0 aliphatic rings. The van der Waals surface area contributed by atoms with E-state index in [0.717, 1.165) is 27.6 Å². The maximum atomic E-state index is 6.18. The molecule has 0 amide bonds. The molecule has 0 bridgehead atoms. The Kier molecular flexibility index (Phi) is 5.41. The van der Waals surface area contributed by atoms with Gasteiger partial charge in [0.25, 0.3) is 0 Å². The van der Waals surface area contributed by atoms with E-state index in [1.54, 1.807) is 0 Å². The molecule has 236 valence electrons. The number of hydrogen-bond donors (Lipinski definition) is 0. The number of hydrogen-bond acceptors (Lipinski definition) is 2. The third-order valence-electron chi connectivity index (χ3n) is 10.9. The second-order valence-electron chi connectivity index (χ2n) is 13.6. The van der Waals surface area contributed by atoms with E-state index < -0.39 is 0 Å². The number of aromatic nitrogens is 1. The quantitative estimate of drug-likeness (QED) is 0.168. The van der Waals surface area contributed by atoms with Gasteiger partial charge in [0.15, 0.2) is 0 Å². The molecule has 0 spiro atoms. The summed E-state index contributed by atoms with van der Waals surface area (Å²) in [4.78, 5) is 0. The van der Waals surface area contributed by atoms with Crippen LogP contribution in [-0.4, -0.2) is 4.57 Å². The summed E-state index contributed by atoms with van der Waals surface area (Å²) in [6.07, 6.45) is 0. The first-order valence-electron chi connectivity index (χ1n) is 17.4. The zero-order valence-corrected chi connectivity index (χ0v) is 28.2. The van der Waals surface area contributed by atoms with Gasteiger partial charge in [0.2, 0.25) is 0 Å². The maximum absolute atomic E-state index is 6.18. The minimum Gasteiger partial charge on any atom is -0.456 e. The third-order valence-corrected chi connectivity index (χ3v) is 12.1. The van der Waals surface area contributed by atoms with Crippen molar-refractivity contribution < 1.29 is 4.42 Å². The Morgan fingerprint density at radius 1 is 0.392 bits per heavy atom. The van der Waals surface area contributed by atoms with E-state index >= 15 is 0 Å². The SMILES string of the molecule is c1cc(-c2ccc3oc4ccccc4c3c2)cc(-n2c3ccccc3c3c4c5ccccc5c5ccccc5c4c4c5ccccc5sc4c32)c1. The van der Waals surface area contributed by atoms with E-state index in [1.807, 2.05) is 23.5 Å². The van der Waals surface area contributed by atoms with Crippen LogP contribution in [0.15, 0.2) is 168 Å². The van der Waals surface area contributed by atoms with Crippen LogP contribution >= 0.6 is 11.3 Å². The monoisotopic (exact) mass is 665 g/mol. The van der Waals surface area contributed by atoms with Gasteiger partial charge in [-0.25, -0.2) is 0 Å². The summed E-state index contributed by atoms with van der Waals surface area (Å²) in [5, 5.41) is 15.4. The van der Waals surface area contributed by atoms with Crippen molar-refractivity contribution in [2.24, 2.45) is 0 Å². The van der Waals surface area contributed by atoms with Gasteiger partial charge in [-0.2, -0.15) is 0 Å². The molecule has 12 rings (SSSR count). The number of rotatable bonds is 2.